The van der Waals surface area contributed by atoms with Crippen LogP contribution in [0.4, 0.5) is 11.6 Å². The lowest BCUT2D eigenvalue weighted by molar-refractivity contribution is 0.0716. The largest absolute Gasteiger partial charge is 0.363 e. The van der Waals surface area contributed by atoms with E-state index in [0.717, 1.165) is 53.1 Å². The van der Waals surface area contributed by atoms with Gasteiger partial charge in [-0.25, -0.2) is 15.0 Å². The zero-order chi connectivity index (χ0) is 19.8. The van der Waals surface area contributed by atoms with Gasteiger partial charge in [-0.3, -0.25) is 4.79 Å². The van der Waals surface area contributed by atoms with Crippen molar-refractivity contribution in [2.75, 3.05) is 37.0 Å². The molecule has 4 rings (SSSR count). The van der Waals surface area contributed by atoms with E-state index in [-0.39, 0.29) is 5.91 Å². The summed E-state index contributed by atoms with van der Waals surface area (Å²) in [5.41, 5.74) is 0.853. The van der Waals surface area contributed by atoms with Crippen LogP contribution in [0.15, 0.2) is 12.4 Å². The van der Waals surface area contributed by atoms with Gasteiger partial charge in [-0.15, -0.1) is 11.3 Å². The molecule has 0 N–H and O–H groups in total. The second-order valence-corrected chi connectivity index (χ2v) is 9.14. The maximum Gasteiger partial charge on any atom is 0.265 e. The molecular weight excluding hydrogens is 372 g/mol. The number of carbonyl (C=O) groups excluding carboxylic acids is 1. The molecule has 7 nitrogen and oxygen atoms in total. The SMILES string of the molecule is Cc1nc(C)c(C(=O)N2CCC(N(c3cc(N(C)C)ncn3)C3CC3)CC2)s1. The average molecular weight is 401 g/mol. The van der Waals surface area contributed by atoms with Gasteiger partial charge in [-0.05, 0) is 39.5 Å². The van der Waals surface area contributed by atoms with Crippen LogP contribution in [0.1, 0.15) is 46.1 Å². The summed E-state index contributed by atoms with van der Waals surface area (Å²) in [6.07, 6.45) is 6.05. The smallest absolute Gasteiger partial charge is 0.265 e. The van der Waals surface area contributed by atoms with Crippen LogP contribution in [-0.4, -0.2) is 65.0 Å². The van der Waals surface area contributed by atoms with Gasteiger partial charge in [0.25, 0.3) is 5.91 Å². The molecule has 1 aliphatic heterocycles. The third-order valence-corrected chi connectivity index (χ3v) is 6.60. The van der Waals surface area contributed by atoms with Crippen LogP contribution in [0.25, 0.3) is 0 Å². The van der Waals surface area contributed by atoms with Gasteiger partial charge in [0, 0.05) is 45.3 Å². The highest BCUT2D eigenvalue weighted by atomic mass is 32.1. The van der Waals surface area contributed by atoms with E-state index >= 15 is 0 Å². The lowest BCUT2D eigenvalue weighted by atomic mass is 10.0. The number of rotatable bonds is 5. The Bertz CT molecular complexity index is 854. The number of thiazole rings is 1. The van der Waals surface area contributed by atoms with Crippen molar-refractivity contribution in [2.24, 2.45) is 0 Å². The van der Waals surface area contributed by atoms with E-state index in [9.17, 15) is 4.79 Å². The molecule has 0 unspecified atom stereocenters. The van der Waals surface area contributed by atoms with Crippen molar-refractivity contribution in [3.8, 4) is 0 Å². The Hall–Kier alpha value is -2.22. The molecule has 2 aromatic heterocycles. The molecule has 0 atom stereocenters. The minimum atomic E-state index is 0.136. The van der Waals surface area contributed by atoms with Gasteiger partial charge in [0.15, 0.2) is 0 Å². The molecule has 8 heteroatoms. The zero-order valence-electron chi connectivity index (χ0n) is 17.1. The van der Waals surface area contributed by atoms with Crippen LogP contribution in [0.3, 0.4) is 0 Å². The Labute approximate surface area is 170 Å². The summed E-state index contributed by atoms with van der Waals surface area (Å²) >= 11 is 1.50. The number of likely N-dealkylation sites (tertiary alicyclic amines) is 1. The lowest BCUT2D eigenvalue weighted by Crippen LogP contribution is -2.48. The van der Waals surface area contributed by atoms with Crippen LogP contribution in [0.5, 0.6) is 0 Å². The topological polar surface area (TPSA) is 65.5 Å². The van der Waals surface area contributed by atoms with Gasteiger partial charge in [0.1, 0.15) is 22.8 Å². The first-order valence-electron chi connectivity index (χ1n) is 9.95. The Morgan fingerprint density at radius 2 is 1.71 bits per heavy atom. The fraction of sp³-hybridized carbons (Fsp3) is 0.600. The van der Waals surface area contributed by atoms with Crippen LogP contribution in [0.2, 0.25) is 0 Å². The van der Waals surface area contributed by atoms with Crippen LogP contribution < -0.4 is 9.80 Å². The van der Waals surface area contributed by atoms with E-state index in [0.29, 0.717) is 12.1 Å². The molecule has 2 fully saturated rings. The molecule has 1 aliphatic carbocycles. The van der Waals surface area contributed by atoms with E-state index in [1.165, 1.54) is 24.2 Å². The predicted molar refractivity (Wildman–Crippen MR) is 112 cm³/mol. The second kappa shape index (κ2) is 7.66. The number of hydrogen-bond acceptors (Lipinski definition) is 7. The molecule has 2 aromatic rings. The first-order chi connectivity index (χ1) is 13.4. The van der Waals surface area contributed by atoms with Gasteiger partial charge >= 0.3 is 0 Å². The lowest BCUT2D eigenvalue weighted by Gasteiger charge is -2.39. The number of hydrogen-bond donors (Lipinski definition) is 0. The number of anilines is 2. The first-order valence-corrected chi connectivity index (χ1v) is 10.8. The molecule has 0 spiro atoms. The standard InChI is InChI=1S/C20H28N6OS/c1-13-19(28-14(2)23-13)20(27)25-9-7-16(8-10-25)26(15-5-6-15)18-11-17(24(3)4)21-12-22-18/h11-12,15-16H,5-10H2,1-4H3. The third-order valence-electron chi connectivity index (χ3n) is 5.54. The van der Waals surface area contributed by atoms with Gasteiger partial charge < -0.3 is 14.7 Å². The molecule has 150 valence electrons. The minimum Gasteiger partial charge on any atom is -0.363 e. The molecule has 1 saturated heterocycles. The fourth-order valence-electron chi connectivity index (χ4n) is 3.97. The number of aryl methyl sites for hydroxylation is 2. The number of aromatic nitrogens is 3. The van der Waals surface area contributed by atoms with Crippen molar-refractivity contribution >= 4 is 28.9 Å². The normalized spacial score (nSPS) is 17.6. The van der Waals surface area contributed by atoms with Gasteiger partial charge in [-0.1, -0.05) is 0 Å². The Morgan fingerprint density at radius 1 is 1.07 bits per heavy atom. The number of carbonyl (C=O) groups is 1. The van der Waals surface area contributed by atoms with Gasteiger partial charge in [0.2, 0.25) is 0 Å². The molecule has 0 bridgehead atoms. The fourth-order valence-corrected chi connectivity index (χ4v) is 4.86. The number of amides is 1. The highest BCUT2D eigenvalue weighted by molar-refractivity contribution is 7.13. The summed E-state index contributed by atoms with van der Waals surface area (Å²) in [4.78, 5) is 33.5. The van der Waals surface area contributed by atoms with Crippen LogP contribution in [0, 0.1) is 13.8 Å². The first kappa shape index (κ1) is 19.1. The van der Waals surface area contributed by atoms with Crippen molar-refractivity contribution in [3.63, 3.8) is 0 Å². The molecule has 3 heterocycles. The second-order valence-electron chi connectivity index (χ2n) is 7.94. The predicted octanol–water partition coefficient (Wildman–Crippen LogP) is 2.89. The Morgan fingerprint density at radius 3 is 2.29 bits per heavy atom. The van der Waals surface area contributed by atoms with Crippen LogP contribution >= 0.6 is 11.3 Å². The monoisotopic (exact) mass is 400 g/mol. The molecule has 0 radical (unpaired) electrons. The minimum absolute atomic E-state index is 0.136. The average Bonchev–Trinajstić information content (AvgIpc) is 3.45. The van der Waals surface area contributed by atoms with E-state index < -0.39 is 0 Å². The highest BCUT2D eigenvalue weighted by Crippen LogP contribution is 2.36. The Balaban J connectivity index is 1.46. The summed E-state index contributed by atoms with van der Waals surface area (Å²) in [6.45, 7) is 5.46. The molecule has 28 heavy (non-hydrogen) atoms. The van der Waals surface area contributed by atoms with E-state index in [1.54, 1.807) is 6.33 Å². The van der Waals surface area contributed by atoms with Crippen molar-refractivity contribution in [2.45, 2.75) is 51.6 Å². The van der Waals surface area contributed by atoms with E-state index in [2.05, 4.69) is 25.9 Å². The van der Waals surface area contributed by atoms with Crippen molar-refractivity contribution < 1.29 is 4.79 Å². The molecule has 2 aliphatic rings. The molecule has 1 amide bonds. The van der Waals surface area contributed by atoms with Crippen LogP contribution in [-0.2, 0) is 0 Å². The summed E-state index contributed by atoms with van der Waals surface area (Å²) < 4.78 is 0. The summed E-state index contributed by atoms with van der Waals surface area (Å²) in [5.74, 6) is 2.08. The number of nitrogens with zero attached hydrogens (tertiary/aromatic N) is 6. The van der Waals surface area contributed by atoms with Gasteiger partial charge in [-0.2, -0.15) is 0 Å². The summed E-state index contributed by atoms with van der Waals surface area (Å²) in [6, 6.07) is 3.08. The third kappa shape index (κ3) is 3.83. The van der Waals surface area contributed by atoms with Crippen molar-refractivity contribution in [3.05, 3.63) is 28.0 Å². The quantitative estimate of drug-likeness (QED) is 0.769. The molecular formula is C20H28N6OS. The zero-order valence-corrected chi connectivity index (χ0v) is 17.9. The Kier molecular flexibility index (Phi) is 5.23. The maximum absolute atomic E-state index is 12.9. The molecule has 0 aromatic carbocycles. The summed E-state index contributed by atoms with van der Waals surface area (Å²) in [7, 11) is 4.00. The maximum atomic E-state index is 12.9. The molecule has 1 saturated carbocycles. The van der Waals surface area contributed by atoms with E-state index in [4.69, 9.17) is 0 Å². The van der Waals surface area contributed by atoms with E-state index in [1.807, 2.05) is 37.7 Å². The van der Waals surface area contributed by atoms with Crippen molar-refractivity contribution in [1.82, 2.24) is 19.9 Å². The highest BCUT2D eigenvalue weighted by Gasteiger charge is 2.37. The summed E-state index contributed by atoms with van der Waals surface area (Å²) in [5, 5.41) is 0.955. The number of piperidine rings is 1. The van der Waals surface area contributed by atoms with Gasteiger partial charge in [0.05, 0.1) is 10.7 Å². The van der Waals surface area contributed by atoms with Crippen molar-refractivity contribution in [1.29, 1.82) is 0 Å².